The summed E-state index contributed by atoms with van der Waals surface area (Å²) in [7, 11) is 3.87. The molecule has 1 fully saturated rings. The largest absolute Gasteiger partial charge is 0.507 e. The Morgan fingerprint density at radius 3 is 2.24 bits per heavy atom. The molecule has 4 aromatic rings. The lowest BCUT2D eigenvalue weighted by molar-refractivity contribution is -0.132. The van der Waals surface area contributed by atoms with Crippen molar-refractivity contribution in [3.05, 3.63) is 108 Å². The molecule has 6 heteroatoms. The summed E-state index contributed by atoms with van der Waals surface area (Å²) in [5.74, 6) is -0.909. The fraction of sp³-hybridized carbons (Fsp3) is 0.161. The van der Waals surface area contributed by atoms with Crippen LogP contribution in [-0.2, 0) is 9.59 Å². The van der Waals surface area contributed by atoms with Gasteiger partial charge in [0, 0.05) is 31.0 Å². The summed E-state index contributed by atoms with van der Waals surface area (Å²) in [5.41, 5.74) is 2.80. The van der Waals surface area contributed by atoms with Crippen LogP contribution in [0.15, 0.2) is 96.6 Å². The van der Waals surface area contributed by atoms with Crippen LogP contribution in [-0.4, -0.2) is 37.5 Å². The second-order valence-corrected chi connectivity index (χ2v) is 9.11. The maximum atomic E-state index is 13.5. The zero-order valence-corrected chi connectivity index (χ0v) is 21.0. The Bertz CT molecular complexity index is 1500. The van der Waals surface area contributed by atoms with Crippen LogP contribution < -0.4 is 14.5 Å². The Hall–Kier alpha value is -4.58. The molecule has 0 bridgehead atoms. The molecule has 6 nitrogen and oxygen atoms in total. The highest BCUT2D eigenvalue weighted by atomic mass is 16.5. The summed E-state index contributed by atoms with van der Waals surface area (Å²) in [4.78, 5) is 30.4. The topological polar surface area (TPSA) is 70.1 Å². The number of Topliss-reactive ketones (excluding diaryl/α,β-unsaturated/α-hetero) is 1. The third-order valence-corrected chi connectivity index (χ3v) is 6.64. The fourth-order valence-electron chi connectivity index (χ4n) is 4.82. The first-order valence-corrected chi connectivity index (χ1v) is 12.2. The summed E-state index contributed by atoms with van der Waals surface area (Å²) in [5, 5.41) is 13.3. The van der Waals surface area contributed by atoms with Gasteiger partial charge in [0.25, 0.3) is 11.7 Å². The standard InChI is InChI=1S/C31H28N2O4/c1-4-37-24-18-12-21(13-19-24)28-27(29(34)26-11-7-9-20-8-5-6-10-25(20)26)30(35)31(36)33(28)23-16-14-22(15-17-23)32(2)3/h5-19,28,34H,4H2,1-3H3/b29-27-. The number of ketones is 1. The minimum Gasteiger partial charge on any atom is -0.507 e. The molecule has 0 radical (unpaired) electrons. The quantitative estimate of drug-likeness (QED) is 0.205. The summed E-state index contributed by atoms with van der Waals surface area (Å²) in [6.45, 7) is 2.43. The monoisotopic (exact) mass is 492 g/mol. The van der Waals surface area contributed by atoms with Crippen LogP contribution in [0.1, 0.15) is 24.1 Å². The van der Waals surface area contributed by atoms with Crippen molar-refractivity contribution < 1.29 is 19.4 Å². The Morgan fingerprint density at radius 1 is 0.892 bits per heavy atom. The smallest absolute Gasteiger partial charge is 0.300 e. The number of hydrogen-bond donors (Lipinski definition) is 1. The SMILES string of the molecule is CCOc1ccc(C2/C(=C(/O)c3cccc4ccccc34)C(=O)C(=O)N2c2ccc(N(C)C)cc2)cc1. The van der Waals surface area contributed by atoms with E-state index in [0.717, 1.165) is 16.5 Å². The average Bonchev–Trinajstić information content (AvgIpc) is 3.18. The van der Waals surface area contributed by atoms with E-state index in [0.29, 0.717) is 29.2 Å². The Morgan fingerprint density at radius 2 is 1.57 bits per heavy atom. The van der Waals surface area contributed by atoms with Gasteiger partial charge in [0.15, 0.2) is 0 Å². The summed E-state index contributed by atoms with van der Waals surface area (Å²) < 4.78 is 5.59. The number of rotatable bonds is 6. The lowest BCUT2D eigenvalue weighted by Crippen LogP contribution is -2.29. The van der Waals surface area contributed by atoms with Crippen molar-refractivity contribution in [1.29, 1.82) is 0 Å². The van der Waals surface area contributed by atoms with Crippen LogP contribution in [0, 0.1) is 0 Å². The third-order valence-electron chi connectivity index (χ3n) is 6.64. The van der Waals surface area contributed by atoms with Crippen LogP contribution in [0.2, 0.25) is 0 Å². The Kier molecular flexibility index (Phi) is 6.40. The lowest BCUT2D eigenvalue weighted by Gasteiger charge is -2.26. The summed E-state index contributed by atoms with van der Waals surface area (Å²) in [6.07, 6.45) is 0. The number of fused-ring (bicyclic) bond motifs is 1. The maximum absolute atomic E-state index is 13.5. The molecular formula is C31H28N2O4. The van der Waals surface area contributed by atoms with Crippen molar-refractivity contribution in [3.63, 3.8) is 0 Å². The van der Waals surface area contributed by atoms with E-state index in [9.17, 15) is 14.7 Å². The molecule has 37 heavy (non-hydrogen) atoms. The molecule has 0 aliphatic carbocycles. The van der Waals surface area contributed by atoms with Crippen LogP contribution in [0.4, 0.5) is 11.4 Å². The zero-order valence-electron chi connectivity index (χ0n) is 21.0. The van der Waals surface area contributed by atoms with Crippen molar-refractivity contribution in [2.45, 2.75) is 13.0 Å². The number of aliphatic hydroxyl groups excluding tert-OH is 1. The van der Waals surface area contributed by atoms with Gasteiger partial charge in [-0.1, -0.05) is 54.6 Å². The van der Waals surface area contributed by atoms with Crippen molar-refractivity contribution in [2.24, 2.45) is 0 Å². The Balaban J connectivity index is 1.71. The first kappa shape index (κ1) is 24.1. The molecule has 1 aliphatic heterocycles. The van der Waals surface area contributed by atoms with Gasteiger partial charge in [0.2, 0.25) is 0 Å². The molecule has 5 rings (SSSR count). The molecule has 0 aromatic heterocycles. The van der Waals surface area contributed by atoms with Crippen LogP contribution in [0.25, 0.3) is 16.5 Å². The van der Waals surface area contributed by atoms with Crippen LogP contribution >= 0.6 is 0 Å². The van der Waals surface area contributed by atoms with E-state index >= 15 is 0 Å². The number of anilines is 2. The van der Waals surface area contributed by atoms with Gasteiger partial charge in [0.1, 0.15) is 11.5 Å². The van der Waals surface area contributed by atoms with E-state index in [1.54, 1.807) is 6.07 Å². The van der Waals surface area contributed by atoms with Crippen molar-refractivity contribution >= 4 is 39.6 Å². The predicted molar refractivity (Wildman–Crippen MR) is 147 cm³/mol. The number of carbonyl (C=O) groups is 2. The molecule has 1 amide bonds. The van der Waals surface area contributed by atoms with Gasteiger partial charge in [-0.2, -0.15) is 0 Å². The molecule has 1 N–H and O–H groups in total. The van der Waals surface area contributed by atoms with Crippen molar-refractivity contribution in [1.82, 2.24) is 0 Å². The number of aliphatic hydroxyl groups is 1. The highest BCUT2D eigenvalue weighted by molar-refractivity contribution is 6.51. The van der Waals surface area contributed by atoms with Gasteiger partial charge in [0.05, 0.1) is 18.2 Å². The van der Waals surface area contributed by atoms with Crippen LogP contribution in [0.5, 0.6) is 5.75 Å². The number of benzene rings is 4. The predicted octanol–water partition coefficient (Wildman–Crippen LogP) is 5.93. The average molecular weight is 493 g/mol. The van der Waals surface area contributed by atoms with Crippen molar-refractivity contribution in [3.8, 4) is 5.75 Å². The zero-order chi connectivity index (χ0) is 26.1. The lowest BCUT2D eigenvalue weighted by atomic mass is 9.93. The van der Waals surface area contributed by atoms with Gasteiger partial charge in [-0.25, -0.2) is 0 Å². The molecule has 1 unspecified atom stereocenters. The van der Waals surface area contributed by atoms with E-state index in [1.165, 1.54) is 4.90 Å². The maximum Gasteiger partial charge on any atom is 0.300 e. The minimum absolute atomic E-state index is 0.0576. The Labute approximate surface area is 216 Å². The number of hydrogen-bond acceptors (Lipinski definition) is 5. The summed E-state index contributed by atoms with van der Waals surface area (Å²) >= 11 is 0. The third kappa shape index (κ3) is 4.31. The molecular weight excluding hydrogens is 464 g/mol. The normalized spacial score (nSPS) is 16.8. The van der Waals surface area contributed by atoms with Gasteiger partial charge < -0.3 is 14.7 Å². The molecule has 1 saturated heterocycles. The molecule has 0 saturated carbocycles. The first-order valence-electron chi connectivity index (χ1n) is 12.2. The van der Waals surface area contributed by atoms with E-state index < -0.39 is 17.7 Å². The number of ether oxygens (including phenoxy) is 1. The van der Waals surface area contributed by atoms with Gasteiger partial charge in [-0.05, 0) is 59.7 Å². The molecule has 4 aromatic carbocycles. The van der Waals surface area contributed by atoms with Gasteiger partial charge >= 0.3 is 0 Å². The highest BCUT2D eigenvalue weighted by Gasteiger charge is 2.47. The van der Waals surface area contributed by atoms with E-state index in [2.05, 4.69) is 0 Å². The fourth-order valence-corrected chi connectivity index (χ4v) is 4.82. The van der Waals surface area contributed by atoms with E-state index in [4.69, 9.17) is 4.74 Å². The van der Waals surface area contributed by atoms with E-state index in [-0.39, 0.29) is 11.3 Å². The number of amides is 1. The van der Waals surface area contributed by atoms with Crippen molar-refractivity contribution in [2.75, 3.05) is 30.5 Å². The number of nitrogens with zero attached hydrogens (tertiary/aromatic N) is 2. The summed E-state index contributed by atoms with van der Waals surface area (Å²) in [6, 6.07) is 27.1. The molecule has 186 valence electrons. The first-order chi connectivity index (χ1) is 17.9. The molecule has 1 atom stereocenters. The second-order valence-electron chi connectivity index (χ2n) is 9.11. The molecule has 1 aliphatic rings. The molecule has 1 heterocycles. The molecule has 0 spiro atoms. The highest BCUT2D eigenvalue weighted by Crippen LogP contribution is 2.43. The van der Waals surface area contributed by atoms with Crippen LogP contribution in [0.3, 0.4) is 0 Å². The number of carbonyl (C=O) groups excluding carboxylic acids is 2. The van der Waals surface area contributed by atoms with E-state index in [1.807, 2.05) is 111 Å². The minimum atomic E-state index is -0.806. The second kappa shape index (κ2) is 9.82. The van der Waals surface area contributed by atoms with Gasteiger partial charge in [-0.3, -0.25) is 14.5 Å². The van der Waals surface area contributed by atoms with Gasteiger partial charge in [-0.15, -0.1) is 0 Å².